The van der Waals surface area contributed by atoms with Crippen LogP contribution < -0.4 is 14.4 Å². The van der Waals surface area contributed by atoms with E-state index in [1.165, 1.54) is 11.8 Å². The zero-order valence-corrected chi connectivity index (χ0v) is 23.1. The molecule has 0 spiro atoms. The smallest absolute Gasteiger partial charge is 0.270 e. The second kappa shape index (κ2) is 11.1. The maximum absolute atomic E-state index is 13.2. The number of rotatable bonds is 7. The number of amides is 1. The van der Waals surface area contributed by atoms with Gasteiger partial charge in [0.05, 0.1) is 20.8 Å². The molecule has 3 aromatic rings. The molecular formula is C26H21ClINO3S2. The van der Waals surface area contributed by atoms with Gasteiger partial charge in [0.15, 0.2) is 15.8 Å². The van der Waals surface area contributed by atoms with Gasteiger partial charge in [0.1, 0.15) is 6.61 Å². The highest BCUT2D eigenvalue weighted by Gasteiger charge is 2.34. The largest absolute Gasteiger partial charge is 0.490 e. The molecule has 4 nitrogen and oxygen atoms in total. The third kappa shape index (κ3) is 5.43. The second-order valence-electron chi connectivity index (χ2n) is 7.45. The van der Waals surface area contributed by atoms with Crippen molar-refractivity contribution >= 4 is 80.2 Å². The summed E-state index contributed by atoms with van der Waals surface area (Å²) in [4.78, 5) is 15.4. The van der Waals surface area contributed by atoms with Crippen molar-refractivity contribution in [3.8, 4) is 11.5 Å². The molecule has 0 bridgehead atoms. The molecule has 1 saturated heterocycles. The van der Waals surface area contributed by atoms with Crippen LogP contribution in [-0.4, -0.2) is 16.8 Å². The Bertz CT molecular complexity index is 1290. The predicted molar refractivity (Wildman–Crippen MR) is 153 cm³/mol. The first-order valence-electron chi connectivity index (χ1n) is 10.5. The van der Waals surface area contributed by atoms with Gasteiger partial charge in [-0.25, -0.2) is 0 Å². The molecule has 3 aromatic carbocycles. The van der Waals surface area contributed by atoms with Crippen LogP contribution >= 0.6 is 58.2 Å². The first kappa shape index (κ1) is 25.0. The first-order valence-corrected chi connectivity index (χ1v) is 13.2. The molecule has 1 fully saturated rings. The van der Waals surface area contributed by atoms with Gasteiger partial charge < -0.3 is 9.47 Å². The number of hydrogen-bond donors (Lipinski definition) is 0. The number of benzene rings is 3. The lowest BCUT2D eigenvalue weighted by Crippen LogP contribution is -2.28. The van der Waals surface area contributed by atoms with Crippen molar-refractivity contribution in [1.82, 2.24) is 0 Å². The summed E-state index contributed by atoms with van der Waals surface area (Å²) in [5.41, 5.74) is 3.53. The van der Waals surface area contributed by atoms with Crippen LogP contribution in [0.5, 0.6) is 11.5 Å². The summed E-state index contributed by atoms with van der Waals surface area (Å²) in [6.07, 6.45) is 1.85. The van der Waals surface area contributed by atoms with Gasteiger partial charge in [-0.3, -0.25) is 9.69 Å². The Morgan fingerprint density at radius 2 is 1.85 bits per heavy atom. The molecule has 0 saturated carbocycles. The van der Waals surface area contributed by atoms with Gasteiger partial charge in [0.2, 0.25) is 0 Å². The molecule has 0 radical (unpaired) electrons. The van der Waals surface area contributed by atoms with Gasteiger partial charge in [-0.1, -0.05) is 72.0 Å². The van der Waals surface area contributed by atoms with Gasteiger partial charge >= 0.3 is 0 Å². The van der Waals surface area contributed by atoms with Crippen molar-refractivity contribution in [3.05, 3.63) is 90.9 Å². The van der Waals surface area contributed by atoms with Gasteiger partial charge in [0.25, 0.3) is 5.91 Å². The minimum atomic E-state index is -0.128. The van der Waals surface area contributed by atoms with Crippen LogP contribution in [0.3, 0.4) is 0 Å². The normalized spacial score (nSPS) is 14.7. The third-order valence-electron chi connectivity index (χ3n) is 5.11. The van der Waals surface area contributed by atoms with Crippen molar-refractivity contribution in [2.75, 3.05) is 11.5 Å². The highest BCUT2D eigenvalue weighted by Crippen LogP contribution is 2.40. The van der Waals surface area contributed by atoms with Gasteiger partial charge in [-0.2, -0.15) is 0 Å². The van der Waals surface area contributed by atoms with Crippen LogP contribution in [-0.2, 0) is 11.4 Å². The van der Waals surface area contributed by atoms with Crippen LogP contribution in [0.15, 0.2) is 65.6 Å². The van der Waals surface area contributed by atoms with Crippen molar-refractivity contribution < 1.29 is 14.3 Å². The number of thioether (sulfide) groups is 1. The quantitative estimate of drug-likeness (QED) is 0.154. The molecule has 0 aromatic heterocycles. The highest BCUT2D eigenvalue weighted by atomic mass is 127. The molecule has 0 N–H and O–H groups in total. The lowest BCUT2D eigenvalue weighted by molar-refractivity contribution is -0.113. The maximum Gasteiger partial charge on any atom is 0.270 e. The maximum atomic E-state index is 13.2. The van der Waals surface area contributed by atoms with Crippen LogP contribution in [0, 0.1) is 10.5 Å². The topological polar surface area (TPSA) is 38.8 Å². The van der Waals surface area contributed by atoms with E-state index in [9.17, 15) is 4.79 Å². The van der Waals surface area contributed by atoms with Crippen LogP contribution in [0.4, 0.5) is 5.69 Å². The lowest BCUT2D eigenvalue weighted by Gasteiger charge is -2.17. The van der Waals surface area contributed by atoms with E-state index in [0.717, 1.165) is 25.9 Å². The van der Waals surface area contributed by atoms with Gasteiger partial charge in [-0.05, 0) is 77.9 Å². The average Bonchev–Trinajstić information content (AvgIpc) is 3.07. The average molecular weight is 622 g/mol. The summed E-state index contributed by atoms with van der Waals surface area (Å²) in [6.45, 7) is 4.70. The molecule has 0 unspecified atom stereocenters. The number of nitrogens with zero attached hydrogens (tertiary/aromatic N) is 1. The SMILES string of the molecule is CCOc1cc(/C=C2/SC(=S)N(c3ccccc3C)C2=O)cc(I)c1OCc1ccccc1Cl. The van der Waals surface area contributed by atoms with Crippen molar-refractivity contribution in [1.29, 1.82) is 0 Å². The van der Waals surface area contributed by atoms with Crippen molar-refractivity contribution in [2.24, 2.45) is 0 Å². The molecule has 174 valence electrons. The fraction of sp³-hybridized carbons (Fsp3) is 0.154. The first-order chi connectivity index (χ1) is 16.4. The minimum absolute atomic E-state index is 0.128. The second-order valence-corrected chi connectivity index (χ2v) is 10.7. The monoisotopic (exact) mass is 621 g/mol. The molecule has 4 rings (SSSR count). The van der Waals surface area contributed by atoms with Gasteiger partial charge in [-0.15, -0.1) is 0 Å². The molecular weight excluding hydrogens is 601 g/mol. The number of carbonyl (C=O) groups excluding carboxylic acids is 1. The molecule has 1 aliphatic rings. The minimum Gasteiger partial charge on any atom is -0.490 e. The summed E-state index contributed by atoms with van der Waals surface area (Å²) < 4.78 is 13.4. The lowest BCUT2D eigenvalue weighted by atomic mass is 10.1. The molecule has 1 amide bonds. The summed E-state index contributed by atoms with van der Waals surface area (Å²) in [5.74, 6) is 1.13. The Morgan fingerprint density at radius 1 is 1.12 bits per heavy atom. The number of halogens is 2. The number of anilines is 1. The van der Waals surface area contributed by atoms with E-state index >= 15 is 0 Å². The van der Waals surface area contributed by atoms with E-state index in [2.05, 4.69) is 22.6 Å². The molecule has 0 aliphatic carbocycles. The Hall–Kier alpha value is -2.07. The Labute approximate surface area is 227 Å². The number of para-hydroxylation sites is 1. The van der Waals surface area contributed by atoms with Crippen LogP contribution in [0.2, 0.25) is 5.02 Å². The number of aryl methyl sites for hydroxylation is 1. The van der Waals surface area contributed by atoms with E-state index in [-0.39, 0.29) is 5.91 Å². The zero-order chi connectivity index (χ0) is 24.2. The van der Waals surface area contributed by atoms with Crippen LogP contribution in [0.25, 0.3) is 6.08 Å². The Morgan fingerprint density at radius 3 is 2.59 bits per heavy atom. The number of ether oxygens (including phenoxy) is 2. The highest BCUT2D eigenvalue weighted by molar-refractivity contribution is 14.1. The fourth-order valence-electron chi connectivity index (χ4n) is 3.48. The fourth-order valence-corrected chi connectivity index (χ4v) is 5.74. The van der Waals surface area contributed by atoms with E-state index in [1.54, 1.807) is 4.90 Å². The molecule has 0 atom stereocenters. The molecule has 1 aliphatic heterocycles. The van der Waals surface area contributed by atoms with E-state index in [4.69, 9.17) is 33.3 Å². The predicted octanol–water partition coefficient (Wildman–Crippen LogP) is 7.64. The Kier molecular flexibility index (Phi) is 8.18. The summed E-state index contributed by atoms with van der Waals surface area (Å²) in [7, 11) is 0. The van der Waals surface area contributed by atoms with E-state index in [0.29, 0.717) is 39.0 Å². The van der Waals surface area contributed by atoms with E-state index in [1.807, 2.05) is 80.6 Å². The molecule has 34 heavy (non-hydrogen) atoms. The number of hydrogen-bond acceptors (Lipinski definition) is 5. The number of thiocarbonyl (C=S) groups is 1. The summed E-state index contributed by atoms with van der Waals surface area (Å²) in [6, 6.07) is 19.2. The number of carbonyl (C=O) groups is 1. The van der Waals surface area contributed by atoms with E-state index < -0.39 is 0 Å². The molecule has 8 heteroatoms. The molecule has 1 heterocycles. The van der Waals surface area contributed by atoms with Crippen molar-refractivity contribution in [2.45, 2.75) is 20.5 Å². The summed E-state index contributed by atoms with van der Waals surface area (Å²) >= 11 is 15.3. The standard InChI is InChI=1S/C26H21ClINO3S2/c1-3-31-22-13-17(12-20(28)24(22)32-15-18-9-5-6-10-19(18)27)14-23-25(30)29(26(33)34-23)21-11-7-4-8-16(21)2/h4-14H,3,15H2,1-2H3/b23-14+. The van der Waals surface area contributed by atoms with Crippen molar-refractivity contribution in [3.63, 3.8) is 0 Å². The van der Waals surface area contributed by atoms with Crippen LogP contribution in [0.1, 0.15) is 23.6 Å². The van der Waals surface area contributed by atoms with Gasteiger partial charge in [0, 0.05) is 10.6 Å². The third-order valence-corrected chi connectivity index (χ3v) is 7.58. The Balaban J connectivity index is 1.62. The zero-order valence-electron chi connectivity index (χ0n) is 18.5. The summed E-state index contributed by atoms with van der Waals surface area (Å²) in [5, 5.41) is 0.655.